The molecule has 2 nitrogen and oxygen atoms in total. The van der Waals surface area contributed by atoms with Gasteiger partial charge in [-0.25, -0.2) is 0 Å². The minimum Gasteiger partial charge on any atom is -0.316 e. The zero-order valence-electron chi connectivity index (χ0n) is 11.5. The first-order valence-electron chi connectivity index (χ1n) is 6.80. The maximum absolute atomic E-state index is 5.70. The summed E-state index contributed by atoms with van der Waals surface area (Å²) >= 11 is 5.70. The number of hydrogen-bond donors (Lipinski definition) is 1. The van der Waals surface area contributed by atoms with Crippen LogP contribution in [0.2, 0.25) is 0 Å². The van der Waals surface area contributed by atoms with Gasteiger partial charge in [0.2, 0.25) is 0 Å². The van der Waals surface area contributed by atoms with E-state index in [0.717, 1.165) is 24.9 Å². The monoisotopic (exact) mass is 258 g/mol. The molecule has 1 heterocycles. The van der Waals surface area contributed by atoms with Crippen molar-refractivity contribution in [2.45, 2.75) is 33.6 Å². The normalized spacial score (nSPS) is 20.2. The van der Waals surface area contributed by atoms with Crippen molar-refractivity contribution in [3.63, 3.8) is 0 Å². The van der Waals surface area contributed by atoms with E-state index in [1.165, 1.54) is 38.0 Å². The molecule has 0 radical (unpaired) electrons. The lowest BCUT2D eigenvalue weighted by Crippen LogP contribution is -2.38. The molecule has 0 atom stereocenters. The predicted octanol–water partition coefficient (Wildman–Crippen LogP) is 3.09. The molecule has 3 heteroatoms. The summed E-state index contributed by atoms with van der Waals surface area (Å²) in [7, 11) is 0. The highest BCUT2D eigenvalue weighted by Gasteiger charge is 2.18. The zero-order valence-corrected chi connectivity index (χ0v) is 12.3. The van der Waals surface area contributed by atoms with Crippen molar-refractivity contribution in [1.29, 1.82) is 0 Å². The van der Waals surface area contributed by atoms with Gasteiger partial charge in [0.15, 0.2) is 0 Å². The molecule has 0 bridgehead atoms. The number of rotatable bonds is 6. The maximum Gasteiger partial charge on any atom is 0.0201 e. The predicted molar refractivity (Wildman–Crippen MR) is 76.5 cm³/mol. The Bertz CT molecular complexity index is 230. The molecule has 0 saturated carbocycles. The molecule has 1 aliphatic heterocycles. The lowest BCUT2D eigenvalue weighted by atomic mass is 9.96. The number of halogens is 1. The van der Waals surface area contributed by atoms with Gasteiger partial charge in [0.25, 0.3) is 0 Å². The van der Waals surface area contributed by atoms with Crippen molar-refractivity contribution in [3.8, 4) is 0 Å². The molecule has 0 unspecified atom stereocenters. The Labute approximate surface area is 111 Å². The minimum absolute atomic E-state index is 0.756. The topological polar surface area (TPSA) is 15.3 Å². The summed E-state index contributed by atoms with van der Waals surface area (Å²) in [6.07, 6.45) is 2.64. The Balaban J connectivity index is 2.13. The lowest BCUT2D eigenvalue weighted by molar-refractivity contribution is 0.194. The van der Waals surface area contributed by atoms with Gasteiger partial charge in [0.1, 0.15) is 0 Å². The van der Waals surface area contributed by atoms with Gasteiger partial charge in [-0.2, -0.15) is 0 Å². The van der Waals surface area contributed by atoms with Crippen LogP contribution in [-0.2, 0) is 0 Å². The van der Waals surface area contributed by atoms with Crippen LogP contribution < -0.4 is 5.32 Å². The molecule has 1 rings (SSSR count). The third-order valence-corrected chi connectivity index (χ3v) is 3.72. The Hall–Kier alpha value is -0.0500. The van der Waals surface area contributed by atoms with Gasteiger partial charge in [0, 0.05) is 12.1 Å². The van der Waals surface area contributed by atoms with Crippen molar-refractivity contribution in [1.82, 2.24) is 10.2 Å². The van der Waals surface area contributed by atoms with Gasteiger partial charge in [-0.3, -0.25) is 4.90 Å². The summed E-state index contributed by atoms with van der Waals surface area (Å²) in [5.74, 6) is 1.62. The molecule has 0 spiro atoms. The van der Waals surface area contributed by atoms with Crippen molar-refractivity contribution in [2.75, 3.05) is 32.7 Å². The number of nitrogens with one attached hydrogen (secondary N) is 1. The highest BCUT2D eigenvalue weighted by molar-refractivity contribution is 6.25. The Morgan fingerprint density at radius 3 is 2.59 bits per heavy atom. The summed E-state index contributed by atoms with van der Waals surface area (Å²) in [6.45, 7) is 12.4. The van der Waals surface area contributed by atoms with Crippen LogP contribution in [-0.4, -0.2) is 37.6 Å². The Kier molecular flexibility index (Phi) is 7.17. The lowest BCUT2D eigenvalue weighted by Gasteiger charge is -2.32. The van der Waals surface area contributed by atoms with Gasteiger partial charge in [0.05, 0.1) is 0 Å². The Morgan fingerprint density at radius 1 is 1.41 bits per heavy atom. The van der Waals surface area contributed by atoms with Crippen LogP contribution in [0.3, 0.4) is 0 Å². The standard InChI is InChI=1S/C14H27ClN2/c1-12(2)9-16-10-14-4-6-17(7-5-14)11-13(3)8-15/h8,12,14,16H,4-7,9-11H2,1-3H3. The van der Waals surface area contributed by atoms with Crippen molar-refractivity contribution in [2.24, 2.45) is 11.8 Å². The minimum atomic E-state index is 0.756. The summed E-state index contributed by atoms with van der Waals surface area (Å²) < 4.78 is 0. The van der Waals surface area contributed by atoms with E-state index in [9.17, 15) is 0 Å². The zero-order chi connectivity index (χ0) is 12.7. The Morgan fingerprint density at radius 2 is 2.06 bits per heavy atom. The summed E-state index contributed by atoms with van der Waals surface area (Å²) in [6, 6.07) is 0. The SMILES string of the molecule is CC(=CCl)CN1CCC(CNCC(C)C)CC1. The van der Waals surface area contributed by atoms with Crippen molar-refractivity contribution < 1.29 is 0 Å². The van der Waals surface area contributed by atoms with Gasteiger partial charge in [-0.15, -0.1) is 0 Å². The van der Waals surface area contributed by atoms with E-state index < -0.39 is 0 Å². The first kappa shape index (κ1) is 15.0. The molecular weight excluding hydrogens is 232 g/mol. The largest absolute Gasteiger partial charge is 0.316 e. The maximum atomic E-state index is 5.70. The highest BCUT2D eigenvalue weighted by atomic mass is 35.5. The number of nitrogens with zero attached hydrogens (tertiary/aromatic N) is 1. The second-order valence-electron chi connectivity index (χ2n) is 5.73. The van der Waals surface area contributed by atoms with E-state index in [1.54, 1.807) is 5.54 Å². The second kappa shape index (κ2) is 8.12. The molecular formula is C14H27ClN2. The number of likely N-dealkylation sites (tertiary alicyclic amines) is 1. The van der Waals surface area contributed by atoms with Crippen LogP contribution >= 0.6 is 11.6 Å². The van der Waals surface area contributed by atoms with E-state index in [0.29, 0.717) is 0 Å². The molecule has 17 heavy (non-hydrogen) atoms. The van der Waals surface area contributed by atoms with Crippen LogP contribution in [0.4, 0.5) is 0 Å². The van der Waals surface area contributed by atoms with Crippen molar-refractivity contribution in [3.05, 3.63) is 11.1 Å². The molecule has 100 valence electrons. The fraction of sp³-hybridized carbons (Fsp3) is 0.857. The summed E-state index contributed by atoms with van der Waals surface area (Å²) in [5.41, 5.74) is 2.97. The molecule has 0 aromatic heterocycles. The van der Waals surface area contributed by atoms with Crippen LogP contribution in [0.25, 0.3) is 0 Å². The van der Waals surface area contributed by atoms with E-state index >= 15 is 0 Å². The molecule has 1 saturated heterocycles. The van der Waals surface area contributed by atoms with Crippen molar-refractivity contribution >= 4 is 11.6 Å². The molecule has 0 aliphatic carbocycles. The van der Waals surface area contributed by atoms with E-state index in [4.69, 9.17) is 11.6 Å². The smallest absolute Gasteiger partial charge is 0.0201 e. The highest BCUT2D eigenvalue weighted by Crippen LogP contribution is 2.17. The molecule has 0 amide bonds. The number of hydrogen-bond acceptors (Lipinski definition) is 2. The van der Waals surface area contributed by atoms with Crippen LogP contribution in [0.15, 0.2) is 11.1 Å². The molecule has 1 fully saturated rings. The summed E-state index contributed by atoms with van der Waals surface area (Å²) in [4.78, 5) is 2.51. The van der Waals surface area contributed by atoms with Gasteiger partial charge >= 0.3 is 0 Å². The second-order valence-corrected chi connectivity index (χ2v) is 5.95. The van der Waals surface area contributed by atoms with E-state index in [2.05, 4.69) is 31.0 Å². The van der Waals surface area contributed by atoms with Gasteiger partial charge in [-0.05, 0) is 63.4 Å². The molecule has 0 aromatic carbocycles. The average molecular weight is 259 g/mol. The number of piperidine rings is 1. The molecule has 0 aromatic rings. The van der Waals surface area contributed by atoms with Gasteiger partial charge < -0.3 is 5.32 Å². The van der Waals surface area contributed by atoms with E-state index in [-0.39, 0.29) is 0 Å². The van der Waals surface area contributed by atoms with Gasteiger partial charge in [-0.1, -0.05) is 25.4 Å². The molecule has 1 N–H and O–H groups in total. The fourth-order valence-electron chi connectivity index (χ4n) is 2.31. The average Bonchev–Trinajstić information content (AvgIpc) is 2.31. The molecule has 1 aliphatic rings. The first-order valence-corrected chi connectivity index (χ1v) is 7.24. The quantitative estimate of drug-likeness (QED) is 0.788. The van der Waals surface area contributed by atoms with Crippen LogP contribution in [0.5, 0.6) is 0 Å². The summed E-state index contributed by atoms with van der Waals surface area (Å²) in [5, 5.41) is 3.57. The fourth-order valence-corrected chi connectivity index (χ4v) is 2.38. The van der Waals surface area contributed by atoms with Crippen LogP contribution in [0.1, 0.15) is 33.6 Å². The van der Waals surface area contributed by atoms with Crippen LogP contribution in [0, 0.1) is 11.8 Å². The third kappa shape index (κ3) is 6.44. The first-order chi connectivity index (χ1) is 8.11. The third-order valence-electron chi connectivity index (χ3n) is 3.35. The van der Waals surface area contributed by atoms with E-state index in [1.807, 2.05) is 0 Å².